The Morgan fingerprint density at radius 2 is 1.83 bits per heavy atom. The molecule has 29 heavy (non-hydrogen) atoms. The van der Waals surface area contributed by atoms with Crippen LogP contribution < -0.4 is 0 Å². The van der Waals surface area contributed by atoms with E-state index in [9.17, 15) is 13.2 Å². The second-order valence-corrected chi connectivity index (χ2v) is 9.40. The number of rotatable bonds is 8. The first kappa shape index (κ1) is 22.5. The molecule has 0 N–H and O–H groups in total. The molecule has 1 fully saturated rings. The Morgan fingerprint density at radius 3 is 2.48 bits per heavy atom. The summed E-state index contributed by atoms with van der Waals surface area (Å²) in [5.41, 5.74) is -0.506. The van der Waals surface area contributed by atoms with E-state index in [4.69, 9.17) is 9.47 Å². The summed E-state index contributed by atoms with van der Waals surface area (Å²) in [6, 6.07) is 5.39. The molecule has 1 saturated heterocycles. The van der Waals surface area contributed by atoms with Gasteiger partial charge in [-0.2, -0.15) is 36.7 Å². The Balaban J connectivity index is 1.81. The third-order valence-electron chi connectivity index (χ3n) is 4.63. The van der Waals surface area contributed by atoms with Gasteiger partial charge in [-0.25, -0.2) is 4.68 Å². The predicted octanol–water partition coefficient (Wildman–Crippen LogP) is 4.58. The molecular weight excluding hydrogens is 423 g/mol. The third kappa shape index (κ3) is 5.10. The number of hydrogen-bond acceptors (Lipinski definition) is 6. The summed E-state index contributed by atoms with van der Waals surface area (Å²) in [6.45, 7) is 4.59. The standard InChI is InChI=1S/C19H24F3N3O2S2/c1-4-28-16-15(27-18(26-3)17(16)29-5-2)11-25-10-14(23-24-25)12-8-6-7-9-13(12)19(20,21)22/h6-10,15-18H,4-5,11H2,1-3H3/t15-,16-,17-,18-/m1/s1. The van der Waals surface area contributed by atoms with Crippen LogP contribution in [0.15, 0.2) is 30.5 Å². The fourth-order valence-electron chi connectivity index (χ4n) is 3.44. The van der Waals surface area contributed by atoms with Crippen LogP contribution in [0.4, 0.5) is 13.2 Å². The molecule has 0 aliphatic carbocycles. The summed E-state index contributed by atoms with van der Waals surface area (Å²) in [7, 11) is 1.63. The van der Waals surface area contributed by atoms with Crippen molar-refractivity contribution in [1.82, 2.24) is 15.0 Å². The molecule has 1 aliphatic rings. The van der Waals surface area contributed by atoms with Crippen LogP contribution in [0.25, 0.3) is 11.3 Å². The Hall–Kier alpha value is -1.23. The van der Waals surface area contributed by atoms with Gasteiger partial charge < -0.3 is 9.47 Å². The van der Waals surface area contributed by atoms with Crippen molar-refractivity contribution in [3.63, 3.8) is 0 Å². The molecule has 1 aromatic carbocycles. The van der Waals surface area contributed by atoms with E-state index in [2.05, 4.69) is 24.2 Å². The normalized spacial score (nSPS) is 24.9. The van der Waals surface area contributed by atoms with Crippen LogP contribution in [0.5, 0.6) is 0 Å². The van der Waals surface area contributed by atoms with Gasteiger partial charge in [0.05, 0.1) is 29.7 Å². The van der Waals surface area contributed by atoms with Crippen molar-refractivity contribution in [2.24, 2.45) is 0 Å². The van der Waals surface area contributed by atoms with Gasteiger partial charge in [0.15, 0.2) is 6.29 Å². The lowest BCUT2D eigenvalue weighted by Crippen LogP contribution is -2.31. The lowest BCUT2D eigenvalue weighted by atomic mass is 10.0. The molecule has 0 saturated carbocycles. The van der Waals surface area contributed by atoms with Gasteiger partial charge in [-0.15, -0.1) is 5.10 Å². The average Bonchev–Trinajstić information content (AvgIpc) is 3.28. The second kappa shape index (κ2) is 9.72. The smallest absolute Gasteiger partial charge is 0.355 e. The fourth-order valence-corrected chi connectivity index (χ4v) is 6.06. The van der Waals surface area contributed by atoms with E-state index in [0.29, 0.717) is 6.54 Å². The third-order valence-corrected chi connectivity index (χ3v) is 7.35. The maximum Gasteiger partial charge on any atom is 0.417 e. The first-order chi connectivity index (χ1) is 13.9. The van der Waals surface area contributed by atoms with Gasteiger partial charge >= 0.3 is 6.18 Å². The van der Waals surface area contributed by atoms with E-state index in [0.717, 1.165) is 17.6 Å². The highest BCUT2D eigenvalue weighted by atomic mass is 32.2. The number of ether oxygens (including phenoxy) is 2. The van der Waals surface area contributed by atoms with Crippen LogP contribution in [0.2, 0.25) is 0 Å². The van der Waals surface area contributed by atoms with Gasteiger partial charge in [-0.3, -0.25) is 0 Å². The maximum absolute atomic E-state index is 13.3. The highest BCUT2D eigenvalue weighted by molar-refractivity contribution is 8.03. The molecule has 160 valence electrons. The zero-order chi connectivity index (χ0) is 21.0. The zero-order valence-corrected chi connectivity index (χ0v) is 18.1. The number of aromatic nitrogens is 3. The Labute approximate surface area is 176 Å². The highest BCUT2D eigenvalue weighted by Crippen LogP contribution is 2.40. The van der Waals surface area contributed by atoms with Crippen LogP contribution in [0, 0.1) is 0 Å². The summed E-state index contributed by atoms with van der Waals surface area (Å²) in [6.07, 6.45) is -3.39. The molecule has 2 aromatic rings. The number of nitrogens with zero attached hydrogens (tertiary/aromatic N) is 3. The molecule has 2 heterocycles. The second-order valence-electron chi connectivity index (χ2n) is 6.49. The highest BCUT2D eigenvalue weighted by Gasteiger charge is 2.45. The first-order valence-corrected chi connectivity index (χ1v) is 11.5. The van der Waals surface area contributed by atoms with Crippen molar-refractivity contribution in [3.8, 4) is 11.3 Å². The predicted molar refractivity (Wildman–Crippen MR) is 110 cm³/mol. The van der Waals surface area contributed by atoms with E-state index in [1.54, 1.807) is 47.6 Å². The van der Waals surface area contributed by atoms with E-state index in [1.807, 2.05) is 0 Å². The van der Waals surface area contributed by atoms with E-state index >= 15 is 0 Å². The molecule has 0 radical (unpaired) electrons. The van der Waals surface area contributed by atoms with Crippen molar-refractivity contribution < 1.29 is 22.6 Å². The Morgan fingerprint density at radius 1 is 1.14 bits per heavy atom. The minimum absolute atomic E-state index is 0.0206. The lowest BCUT2D eigenvalue weighted by Gasteiger charge is -2.21. The van der Waals surface area contributed by atoms with Crippen LogP contribution in [-0.4, -0.2) is 56.5 Å². The van der Waals surface area contributed by atoms with Gasteiger partial charge in [-0.05, 0) is 17.6 Å². The van der Waals surface area contributed by atoms with E-state index in [1.165, 1.54) is 12.1 Å². The first-order valence-electron chi connectivity index (χ1n) is 9.37. The van der Waals surface area contributed by atoms with Gasteiger partial charge in [0.1, 0.15) is 5.69 Å². The van der Waals surface area contributed by atoms with Crippen LogP contribution >= 0.6 is 23.5 Å². The van der Waals surface area contributed by atoms with Crippen molar-refractivity contribution >= 4 is 23.5 Å². The maximum atomic E-state index is 13.3. The Bertz CT molecular complexity index is 803. The Kier molecular flexibility index (Phi) is 7.53. The number of benzene rings is 1. The molecule has 5 nitrogen and oxygen atoms in total. The zero-order valence-electron chi connectivity index (χ0n) is 16.4. The van der Waals surface area contributed by atoms with Crippen LogP contribution in [0.1, 0.15) is 19.4 Å². The van der Waals surface area contributed by atoms with E-state index in [-0.39, 0.29) is 34.2 Å². The number of halogens is 3. The van der Waals surface area contributed by atoms with E-state index < -0.39 is 11.7 Å². The summed E-state index contributed by atoms with van der Waals surface area (Å²) < 4.78 is 53.1. The molecule has 4 atom stereocenters. The monoisotopic (exact) mass is 447 g/mol. The number of methoxy groups -OCH3 is 1. The van der Waals surface area contributed by atoms with Crippen LogP contribution in [0.3, 0.4) is 0 Å². The minimum atomic E-state index is -4.45. The topological polar surface area (TPSA) is 49.2 Å². The molecule has 3 rings (SSSR count). The SMILES string of the molecule is CCS[C@H]1[C@H](OC)O[C@H](Cn2cc(-c3ccccc3C(F)(F)F)nn2)[C@H]1SCC. The van der Waals surface area contributed by atoms with Crippen molar-refractivity contribution in [2.45, 2.75) is 49.5 Å². The molecule has 1 aliphatic heterocycles. The molecule has 0 bridgehead atoms. The largest absolute Gasteiger partial charge is 0.417 e. The lowest BCUT2D eigenvalue weighted by molar-refractivity contribution is -0.137. The minimum Gasteiger partial charge on any atom is -0.355 e. The molecular formula is C19H24F3N3O2S2. The molecule has 10 heteroatoms. The molecule has 0 amide bonds. The summed E-state index contributed by atoms with van der Waals surface area (Å²) in [5.74, 6) is 1.88. The summed E-state index contributed by atoms with van der Waals surface area (Å²) >= 11 is 3.61. The van der Waals surface area contributed by atoms with Crippen molar-refractivity contribution in [1.29, 1.82) is 0 Å². The van der Waals surface area contributed by atoms with Gasteiger partial charge in [0, 0.05) is 17.9 Å². The molecule has 0 spiro atoms. The van der Waals surface area contributed by atoms with Gasteiger partial charge in [0.2, 0.25) is 0 Å². The van der Waals surface area contributed by atoms with Gasteiger partial charge in [0.25, 0.3) is 0 Å². The van der Waals surface area contributed by atoms with Crippen LogP contribution in [-0.2, 0) is 22.2 Å². The fraction of sp³-hybridized carbons (Fsp3) is 0.579. The molecule has 0 unspecified atom stereocenters. The number of thioether (sulfide) groups is 2. The summed E-state index contributed by atoms with van der Waals surface area (Å²) in [5, 5.41) is 8.43. The average molecular weight is 448 g/mol. The molecule has 1 aromatic heterocycles. The quantitative estimate of drug-likeness (QED) is 0.591. The summed E-state index contributed by atoms with van der Waals surface area (Å²) in [4.78, 5) is 0. The van der Waals surface area contributed by atoms with Crippen molar-refractivity contribution in [2.75, 3.05) is 18.6 Å². The number of hydrogen-bond donors (Lipinski definition) is 0. The van der Waals surface area contributed by atoms with Crippen molar-refractivity contribution in [3.05, 3.63) is 36.0 Å². The van der Waals surface area contributed by atoms with Gasteiger partial charge in [-0.1, -0.05) is 37.3 Å². The number of alkyl halides is 3.